The molecule has 24 heavy (non-hydrogen) atoms. The number of carbonyl (C=O) groups excluding carboxylic acids is 1. The van der Waals surface area contributed by atoms with Crippen molar-refractivity contribution in [3.63, 3.8) is 0 Å². The highest BCUT2D eigenvalue weighted by Gasteiger charge is 2.11. The molecule has 0 fully saturated rings. The standard InChI is InChI=1S/C11H15N3O2S.C5H10.C2H6/c1-3-16-11(15)8-4-5-9(14(2)13)10(6-8)17-7-12;1-4-5(2)3;1-2/h4-7,12H,3,13H2,1-2H3;4H,1-3H3;1-2H3. The number of nitrogens with two attached hydrogens (primary N) is 1. The summed E-state index contributed by atoms with van der Waals surface area (Å²) in [5.74, 6) is 5.29. The SMILES string of the molecule is CC.CC=C(C)C.CCOC(=O)c1ccc(N(C)N)c(SC=N)c1. The van der Waals surface area contributed by atoms with Gasteiger partial charge in [-0.3, -0.25) is 0 Å². The van der Waals surface area contributed by atoms with Gasteiger partial charge in [0.25, 0.3) is 0 Å². The highest BCUT2D eigenvalue weighted by molar-refractivity contribution is 8.12. The van der Waals surface area contributed by atoms with Gasteiger partial charge in [0.1, 0.15) is 0 Å². The highest BCUT2D eigenvalue weighted by Crippen LogP contribution is 2.28. The summed E-state index contributed by atoms with van der Waals surface area (Å²) >= 11 is 1.19. The number of ether oxygens (including phenoxy) is 1. The lowest BCUT2D eigenvalue weighted by atomic mass is 10.2. The molecular formula is C18H31N3O2S. The van der Waals surface area contributed by atoms with Crippen LogP contribution in [0.25, 0.3) is 0 Å². The Kier molecular flexibility index (Phi) is 15.1. The molecule has 0 unspecified atom stereocenters. The summed E-state index contributed by atoms with van der Waals surface area (Å²) in [6.07, 6.45) is 2.08. The van der Waals surface area contributed by atoms with Crippen LogP contribution in [0.4, 0.5) is 5.69 Å². The molecule has 0 aliphatic carbocycles. The van der Waals surface area contributed by atoms with Crippen molar-refractivity contribution >= 4 is 29.0 Å². The quantitative estimate of drug-likeness (QED) is 0.150. The predicted octanol–water partition coefficient (Wildman–Crippen LogP) is 4.87. The van der Waals surface area contributed by atoms with Crippen molar-refractivity contribution in [1.82, 2.24) is 0 Å². The first-order valence-corrected chi connectivity index (χ1v) is 8.80. The van der Waals surface area contributed by atoms with E-state index in [1.807, 2.05) is 20.8 Å². The zero-order valence-corrected chi connectivity index (χ0v) is 16.7. The van der Waals surface area contributed by atoms with Gasteiger partial charge in [-0.25, -0.2) is 10.6 Å². The van der Waals surface area contributed by atoms with E-state index in [2.05, 4.69) is 19.9 Å². The molecule has 1 aromatic rings. The van der Waals surface area contributed by atoms with E-state index < -0.39 is 0 Å². The maximum atomic E-state index is 11.5. The Morgan fingerprint density at radius 3 is 2.29 bits per heavy atom. The van der Waals surface area contributed by atoms with Gasteiger partial charge in [0.05, 0.1) is 23.4 Å². The zero-order valence-electron chi connectivity index (χ0n) is 15.8. The number of benzene rings is 1. The van der Waals surface area contributed by atoms with E-state index in [-0.39, 0.29) is 5.97 Å². The summed E-state index contributed by atoms with van der Waals surface area (Å²) in [5.41, 5.74) is 3.79. The van der Waals surface area contributed by atoms with Crippen molar-refractivity contribution in [3.05, 3.63) is 35.4 Å². The molecule has 0 amide bonds. The smallest absolute Gasteiger partial charge is 0.338 e. The first-order chi connectivity index (χ1) is 11.4. The largest absolute Gasteiger partial charge is 0.462 e. The summed E-state index contributed by atoms with van der Waals surface area (Å²) in [7, 11) is 1.70. The molecule has 0 saturated heterocycles. The molecule has 0 spiro atoms. The van der Waals surface area contributed by atoms with Crippen LogP contribution in [0.5, 0.6) is 0 Å². The molecule has 3 N–H and O–H groups in total. The van der Waals surface area contributed by atoms with Crippen LogP contribution >= 0.6 is 11.8 Å². The molecule has 1 rings (SSSR count). The third kappa shape index (κ3) is 10.1. The number of allylic oxidation sites excluding steroid dienone is 2. The van der Waals surface area contributed by atoms with E-state index in [0.717, 1.165) is 10.6 Å². The van der Waals surface area contributed by atoms with Crippen LogP contribution < -0.4 is 10.9 Å². The molecule has 0 aliphatic heterocycles. The van der Waals surface area contributed by atoms with Crippen LogP contribution in [0, 0.1) is 5.41 Å². The van der Waals surface area contributed by atoms with E-state index in [1.54, 1.807) is 32.2 Å². The molecule has 0 heterocycles. The highest BCUT2D eigenvalue weighted by atomic mass is 32.2. The van der Waals surface area contributed by atoms with Gasteiger partial charge in [-0.05, 0) is 45.9 Å². The van der Waals surface area contributed by atoms with E-state index in [9.17, 15) is 4.79 Å². The minimum Gasteiger partial charge on any atom is -0.462 e. The van der Waals surface area contributed by atoms with Crippen LogP contribution in [0.3, 0.4) is 0 Å². The maximum absolute atomic E-state index is 11.5. The Hall–Kier alpha value is -1.79. The molecule has 0 atom stereocenters. The first kappa shape index (κ1) is 24.5. The van der Waals surface area contributed by atoms with Gasteiger partial charge < -0.3 is 15.2 Å². The molecule has 0 radical (unpaired) electrons. The Morgan fingerprint density at radius 2 is 1.92 bits per heavy atom. The number of nitrogens with zero attached hydrogens (tertiary/aromatic N) is 1. The van der Waals surface area contributed by atoms with Crippen LogP contribution in [-0.2, 0) is 4.74 Å². The van der Waals surface area contributed by atoms with Gasteiger partial charge >= 0.3 is 5.97 Å². The number of hydrogen-bond donors (Lipinski definition) is 2. The minimum absolute atomic E-state index is 0.338. The predicted molar refractivity (Wildman–Crippen MR) is 106 cm³/mol. The van der Waals surface area contributed by atoms with Crippen LogP contribution in [0.1, 0.15) is 51.9 Å². The number of nitrogens with one attached hydrogen (secondary N) is 1. The summed E-state index contributed by atoms with van der Waals surface area (Å²) < 4.78 is 4.91. The van der Waals surface area contributed by atoms with E-state index in [1.165, 1.54) is 27.9 Å². The summed E-state index contributed by atoms with van der Waals surface area (Å²) in [6.45, 7) is 12.3. The van der Waals surface area contributed by atoms with Crippen molar-refractivity contribution < 1.29 is 9.53 Å². The third-order valence-corrected chi connectivity index (χ3v) is 3.31. The summed E-state index contributed by atoms with van der Waals surface area (Å²) in [6, 6.07) is 5.06. The molecule has 136 valence electrons. The Bertz CT molecular complexity index is 525. The number of esters is 1. The van der Waals surface area contributed by atoms with Gasteiger partial charge in [-0.15, -0.1) is 0 Å². The average Bonchev–Trinajstić information content (AvgIpc) is 2.57. The Labute approximate surface area is 150 Å². The molecule has 0 aliphatic rings. The lowest BCUT2D eigenvalue weighted by Gasteiger charge is -2.16. The molecule has 0 saturated carbocycles. The average molecular weight is 354 g/mol. The number of hydrazine groups is 1. The van der Waals surface area contributed by atoms with E-state index >= 15 is 0 Å². The third-order valence-electron chi connectivity index (χ3n) is 2.61. The zero-order chi connectivity index (χ0) is 19.1. The van der Waals surface area contributed by atoms with Crippen LogP contribution in [-0.4, -0.2) is 25.2 Å². The molecular weight excluding hydrogens is 322 g/mol. The lowest BCUT2D eigenvalue weighted by Crippen LogP contribution is -2.25. The second kappa shape index (κ2) is 14.8. The number of thioether (sulfide) groups is 1. The fraction of sp³-hybridized carbons (Fsp3) is 0.444. The van der Waals surface area contributed by atoms with Gasteiger partial charge in [-0.2, -0.15) is 0 Å². The maximum Gasteiger partial charge on any atom is 0.338 e. The van der Waals surface area contributed by atoms with Crippen molar-refractivity contribution in [2.24, 2.45) is 5.84 Å². The van der Waals surface area contributed by atoms with E-state index in [4.69, 9.17) is 16.0 Å². The van der Waals surface area contributed by atoms with Gasteiger partial charge in [0, 0.05) is 11.9 Å². The normalized spacial score (nSPS) is 8.67. The molecule has 1 aromatic carbocycles. The van der Waals surface area contributed by atoms with Crippen molar-refractivity contribution in [2.45, 2.75) is 46.4 Å². The van der Waals surface area contributed by atoms with Gasteiger partial charge in [0.2, 0.25) is 0 Å². The van der Waals surface area contributed by atoms with Gasteiger partial charge in [-0.1, -0.05) is 37.3 Å². The van der Waals surface area contributed by atoms with Crippen LogP contribution in [0.2, 0.25) is 0 Å². The second-order valence-corrected chi connectivity index (χ2v) is 5.53. The number of anilines is 1. The molecule has 0 aromatic heterocycles. The molecule has 6 heteroatoms. The topological polar surface area (TPSA) is 79.4 Å². The van der Waals surface area contributed by atoms with Crippen molar-refractivity contribution in [1.29, 1.82) is 5.41 Å². The monoisotopic (exact) mass is 353 g/mol. The second-order valence-electron chi connectivity index (χ2n) is 4.62. The lowest BCUT2D eigenvalue weighted by molar-refractivity contribution is 0.0526. The molecule has 5 nitrogen and oxygen atoms in total. The van der Waals surface area contributed by atoms with Gasteiger partial charge in [0.15, 0.2) is 0 Å². The fourth-order valence-electron chi connectivity index (χ4n) is 1.30. The minimum atomic E-state index is -0.370. The Morgan fingerprint density at radius 1 is 1.38 bits per heavy atom. The fourth-order valence-corrected chi connectivity index (χ4v) is 1.96. The number of hydrogen-bond acceptors (Lipinski definition) is 6. The Balaban J connectivity index is 0. The summed E-state index contributed by atoms with van der Waals surface area (Å²) in [5, 5.41) is 8.54. The summed E-state index contributed by atoms with van der Waals surface area (Å²) in [4.78, 5) is 12.3. The van der Waals surface area contributed by atoms with Crippen molar-refractivity contribution in [2.75, 3.05) is 18.7 Å². The van der Waals surface area contributed by atoms with E-state index in [0.29, 0.717) is 12.2 Å². The first-order valence-electron chi connectivity index (χ1n) is 7.92. The van der Waals surface area contributed by atoms with Crippen LogP contribution in [0.15, 0.2) is 34.7 Å². The van der Waals surface area contributed by atoms with Crippen molar-refractivity contribution in [3.8, 4) is 0 Å². The number of carbonyl (C=O) groups is 1. The molecule has 0 bridgehead atoms. The number of rotatable bonds is 5.